The third-order valence-corrected chi connectivity index (χ3v) is 3.85. The molecule has 0 aliphatic rings. The van der Waals surface area contributed by atoms with Crippen molar-refractivity contribution in [1.29, 1.82) is 0 Å². The Morgan fingerprint density at radius 2 is 2.14 bits per heavy atom. The highest BCUT2D eigenvalue weighted by atomic mass is 35.5. The van der Waals surface area contributed by atoms with Crippen LogP contribution in [0.25, 0.3) is 0 Å². The Kier molecular flexibility index (Phi) is 7.10. The number of aliphatic hydroxyl groups excluding tert-OH is 1. The van der Waals surface area contributed by atoms with Crippen molar-refractivity contribution in [3.8, 4) is 0 Å². The van der Waals surface area contributed by atoms with E-state index in [1.54, 1.807) is 13.0 Å². The minimum atomic E-state index is -0.525. The summed E-state index contributed by atoms with van der Waals surface area (Å²) in [5.74, 6) is -0.440. The van der Waals surface area contributed by atoms with Crippen LogP contribution in [-0.2, 0) is 0 Å². The highest BCUT2D eigenvalue weighted by Gasteiger charge is 2.18. The largest absolute Gasteiger partial charge is 0.396 e. The fourth-order valence-electron chi connectivity index (χ4n) is 2.09. The number of hydrogen-bond acceptors (Lipinski definition) is 2. The first-order chi connectivity index (χ1) is 10.3. The Balaban J connectivity index is 2.42. The van der Waals surface area contributed by atoms with Crippen LogP contribution in [0.1, 0.15) is 45.2 Å². The van der Waals surface area contributed by atoms with Crippen molar-refractivity contribution >= 4 is 17.6 Å². The molecule has 0 fully saturated rings. The van der Waals surface area contributed by atoms with Crippen LogP contribution in [0.15, 0.2) is 18.2 Å². The number of carbonyl (C=O) groups excluding carboxylic acids is 1. The first-order valence-corrected chi connectivity index (χ1v) is 7.74. The van der Waals surface area contributed by atoms with Crippen molar-refractivity contribution in [2.75, 3.05) is 13.2 Å². The first-order valence-electron chi connectivity index (χ1n) is 7.36. The average Bonchev–Trinajstić information content (AvgIpc) is 2.43. The van der Waals surface area contributed by atoms with Gasteiger partial charge in [-0.2, -0.15) is 0 Å². The maximum absolute atomic E-state index is 13.7. The van der Waals surface area contributed by atoms with Gasteiger partial charge >= 0.3 is 6.03 Å². The lowest BCUT2D eigenvalue weighted by molar-refractivity contribution is 0.148. The fraction of sp³-hybridized carbons (Fsp3) is 0.562. The standard InChI is InChI=1S/C16H24ClFN2O2/c1-11(14-12(17)6-4-7-13(14)18)20-15(22)19-9-5-8-16(2,3)10-21/h4,6-7,11,21H,5,8-10H2,1-3H3,(H2,19,20,22). The van der Waals surface area contributed by atoms with Gasteiger partial charge in [-0.1, -0.05) is 31.5 Å². The van der Waals surface area contributed by atoms with Gasteiger partial charge in [-0.05, 0) is 37.3 Å². The van der Waals surface area contributed by atoms with E-state index >= 15 is 0 Å². The lowest BCUT2D eigenvalue weighted by Gasteiger charge is -2.21. The summed E-state index contributed by atoms with van der Waals surface area (Å²) in [6.07, 6.45) is 1.56. The monoisotopic (exact) mass is 330 g/mol. The van der Waals surface area contributed by atoms with Crippen molar-refractivity contribution in [3.05, 3.63) is 34.6 Å². The Bertz CT molecular complexity index is 489. The van der Waals surface area contributed by atoms with E-state index in [9.17, 15) is 9.18 Å². The van der Waals surface area contributed by atoms with Gasteiger partial charge in [-0.3, -0.25) is 0 Å². The Hall–Kier alpha value is -1.33. The molecule has 0 aliphatic heterocycles. The molecule has 0 heterocycles. The number of urea groups is 1. The zero-order chi connectivity index (χ0) is 16.8. The number of benzene rings is 1. The molecule has 0 radical (unpaired) electrons. The molecule has 0 aliphatic carbocycles. The Morgan fingerprint density at radius 1 is 1.45 bits per heavy atom. The van der Waals surface area contributed by atoms with Gasteiger partial charge in [-0.15, -0.1) is 0 Å². The number of aliphatic hydroxyl groups is 1. The van der Waals surface area contributed by atoms with E-state index < -0.39 is 11.9 Å². The van der Waals surface area contributed by atoms with E-state index in [1.165, 1.54) is 12.1 Å². The molecule has 1 unspecified atom stereocenters. The van der Waals surface area contributed by atoms with E-state index in [4.69, 9.17) is 16.7 Å². The number of rotatable bonds is 7. The maximum atomic E-state index is 13.7. The summed E-state index contributed by atoms with van der Waals surface area (Å²) in [7, 11) is 0. The molecule has 0 saturated heterocycles. The lowest BCUT2D eigenvalue weighted by Crippen LogP contribution is -2.38. The van der Waals surface area contributed by atoms with Gasteiger partial charge in [0.1, 0.15) is 5.82 Å². The van der Waals surface area contributed by atoms with E-state index in [2.05, 4.69) is 10.6 Å². The molecular formula is C16H24ClFN2O2. The summed E-state index contributed by atoms with van der Waals surface area (Å²) in [4.78, 5) is 11.8. The highest BCUT2D eigenvalue weighted by molar-refractivity contribution is 6.31. The van der Waals surface area contributed by atoms with Crippen molar-refractivity contribution in [1.82, 2.24) is 10.6 Å². The second kappa shape index (κ2) is 8.34. The smallest absolute Gasteiger partial charge is 0.315 e. The van der Waals surface area contributed by atoms with Gasteiger partial charge in [0.2, 0.25) is 0 Å². The molecule has 1 aromatic carbocycles. The second-order valence-corrected chi connectivity index (χ2v) is 6.59. The number of halogens is 2. The lowest BCUT2D eigenvalue weighted by atomic mass is 9.89. The predicted octanol–water partition coefficient (Wildman–Crippen LogP) is 3.64. The van der Waals surface area contributed by atoms with Crippen LogP contribution in [0.3, 0.4) is 0 Å². The van der Waals surface area contributed by atoms with Crippen molar-refractivity contribution in [2.24, 2.45) is 5.41 Å². The SMILES string of the molecule is CC(NC(=O)NCCCC(C)(C)CO)c1c(F)cccc1Cl. The highest BCUT2D eigenvalue weighted by Crippen LogP contribution is 2.25. The molecule has 1 atom stereocenters. The summed E-state index contributed by atoms with van der Waals surface area (Å²) < 4.78 is 13.7. The van der Waals surface area contributed by atoms with E-state index in [-0.39, 0.29) is 28.6 Å². The number of carbonyl (C=O) groups is 1. The molecule has 4 nitrogen and oxygen atoms in total. The molecule has 22 heavy (non-hydrogen) atoms. The molecule has 0 bridgehead atoms. The van der Waals surface area contributed by atoms with Crippen LogP contribution in [0, 0.1) is 11.2 Å². The van der Waals surface area contributed by atoms with Crippen LogP contribution in [0.5, 0.6) is 0 Å². The molecule has 124 valence electrons. The van der Waals surface area contributed by atoms with Gasteiger partial charge in [0.25, 0.3) is 0 Å². The number of nitrogens with one attached hydrogen (secondary N) is 2. The summed E-state index contributed by atoms with van der Waals surface area (Å²) in [5, 5.41) is 14.8. The normalized spacial score (nSPS) is 12.8. The molecule has 6 heteroatoms. The van der Waals surface area contributed by atoms with E-state index in [0.717, 1.165) is 12.8 Å². The van der Waals surface area contributed by atoms with Crippen LogP contribution in [-0.4, -0.2) is 24.3 Å². The van der Waals surface area contributed by atoms with Crippen LogP contribution in [0.4, 0.5) is 9.18 Å². The van der Waals surface area contributed by atoms with E-state index in [0.29, 0.717) is 6.54 Å². The number of hydrogen-bond donors (Lipinski definition) is 3. The third-order valence-electron chi connectivity index (χ3n) is 3.52. The Labute approximate surface area is 136 Å². The minimum Gasteiger partial charge on any atom is -0.396 e. The van der Waals surface area contributed by atoms with Gasteiger partial charge in [0.15, 0.2) is 0 Å². The number of amides is 2. The molecule has 0 saturated carbocycles. The summed E-state index contributed by atoms with van der Waals surface area (Å²) in [6.45, 7) is 6.22. The molecule has 1 rings (SSSR count). The molecule has 0 aromatic heterocycles. The fourth-order valence-corrected chi connectivity index (χ4v) is 2.42. The topological polar surface area (TPSA) is 61.4 Å². The first kappa shape index (κ1) is 18.7. The van der Waals surface area contributed by atoms with Gasteiger partial charge in [0.05, 0.1) is 6.04 Å². The molecule has 2 amide bonds. The van der Waals surface area contributed by atoms with Crippen molar-refractivity contribution in [3.63, 3.8) is 0 Å². The van der Waals surface area contributed by atoms with Crippen molar-refractivity contribution in [2.45, 2.75) is 39.7 Å². The van der Waals surface area contributed by atoms with Gasteiger partial charge in [0, 0.05) is 23.7 Å². The molecular weight excluding hydrogens is 307 g/mol. The van der Waals surface area contributed by atoms with Gasteiger partial charge in [-0.25, -0.2) is 9.18 Å². The van der Waals surface area contributed by atoms with Crippen LogP contribution in [0.2, 0.25) is 5.02 Å². The maximum Gasteiger partial charge on any atom is 0.315 e. The summed E-state index contributed by atoms with van der Waals surface area (Å²) in [5.41, 5.74) is 0.132. The van der Waals surface area contributed by atoms with Crippen molar-refractivity contribution < 1.29 is 14.3 Å². The quantitative estimate of drug-likeness (QED) is 0.668. The molecule has 1 aromatic rings. The summed E-state index contributed by atoms with van der Waals surface area (Å²) >= 11 is 5.97. The van der Waals surface area contributed by atoms with Crippen LogP contribution < -0.4 is 10.6 Å². The summed E-state index contributed by atoms with van der Waals surface area (Å²) in [6, 6.07) is 3.54. The molecule has 0 spiro atoms. The van der Waals surface area contributed by atoms with E-state index in [1.807, 2.05) is 13.8 Å². The zero-order valence-corrected chi connectivity index (χ0v) is 14.0. The molecule has 3 N–H and O–H groups in total. The predicted molar refractivity (Wildman–Crippen MR) is 86.5 cm³/mol. The van der Waals surface area contributed by atoms with Gasteiger partial charge < -0.3 is 15.7 Å². The second-order valence-electron chi connectivity index (χ2n) is 6.18. The average molecular weight is 331 g/mol. The third kappa shape index (κ3) is 5.81. The van der Waals surface area contributed by atoms with Crippen LogP contribution >= 0.6 is 11.6 Å². The minimum absolute atomic E-state index is 0.113. The Morgan fingerprint density at radius 3 is 2.73 bits per heavy atom. The zero-order valence-electron chi connectivity index (χ0n) is 13.2.